The van der Waals surface area contributed by atoms with E-state index in [1.54, 1.807) is 0 Å². The number of ether oxygens (including phenoxy) is 4. The van der Waals surface area contributed by atoms with Crippen LogP contribution in [0.1, 0.15) is 0 Å². The van der Waals surface area contributed by atoms with Gasteiger partial charge < -0.3 is 18.9 Å². The molecule has 0 spiro atoms. The Morgan fingerprint density at radius 2 is 1.17 bits per heavy atom. The Kier molecular flexibility index (Phi) is 7.46. The lowest BCUT2D eigenvalue weighted by molar-refractivity contribution is -0.158. The van der Waals surface area contributed by atoms with Gasteiger partial charge in [0.15, 0.2) is 0 Å². The first-order valence-corrected chi connectivity index (χ1v) is 9.10. The zero-order valence-corrected chi connectivity index (χ0v) is 17.5. The van der Waals surface area contributed by atoms with E-state index in [0.29, 0.717) is 8.96 Å². The van der Waals surface area contributed by atoms with E-state index in [9.17, 15) is 9.59 Å². The maximum absolute atomic E-state index is 11.2. The zero-order chi connectivity index (χ0) is 18.0. The summed E-state index contributed by atoms with van der Waals surface area (Å²) in [7, 11) is 0. The highest BCUT2D eigenvalue weighted by atomic mass is 79.9. The third-order valence-corrected chi connectivity index (χ3v) is 6.23. The van der Waals surface area contributed by atoms with Gasteiger partial charge in [-0.05, 0) is 0 Å². The summed E-state index contributed by atoms with van der Waals surface area (Å²) in [6, 6.07) is 0. The molecule has 2 rings (SSSR count). The van der Waals surface area contributed by atoms with Crippen molar-refractivity contribution in [3.8, 4) is 0 Å². The van der Waals surface area contributed by atoms with Crippen molar-refractivity contribution in [1.82, 2.24) is 0 Å². The minimum absolute atomic E-state index is 0.00292. The predicted octanol–water partition coefficient (Wildman–Crippen LogP) is 4.17. The van der Waals surface area contributed by atoms with Gasteiger partial charge in [0.25, 0.3) is 0 Å². The molecule has 12 heteroatoms. The molecule has 0 saturated carbocycles. The smallest absolute Gasteiger partial charge is 0.353 e. The SMILES string of the molecule is O=C1OC(OC/C(Br)=C(/Br)COC2OC(=O)C(Cl)=C2Cl)C(Cl)=C1Cl. The van der Waals surface area contributed by atoms with Gasteiger partial charge in [-0.1, -0.05) is 78.3 Å². The minimum Gasteiger partial charge on any atom is -0.426 e. The van der Waals surface area contributed by atoms with Crippen LogP contribution in [-0.4, -0.2) is 37.7 Å². The van der Waals surface area contributed by atoms with Crippen LogP contribution in [0.25, 0.3) is 0 Å². The predicted molar refractivity (Wildman–Crippen MR) is 94.0 cm³/mol. The molecule has 0 aliphatic carbocycles. The molecule has 2 aliphatic rings. The van der Waals surface area contributed by atoms with Crippen LogP contribution < -0.4 is 0 Å². The van der Waals surface area contributed by atoms with Crippen molar-refractivity contribution >= 4 is 90.2 Å². The standard InChI is InChI=1S/C12H6Br2Cl4O6/c13-3(1-21-11-7(17)5(15)9(19)23-11)4(14)2-22-12-8(18)6(16)10(20)24-12/h11-12H,1-2H2/b4-3-. The minimum atomic E-state index is -1.08. The summed E-state index contributed by atoms with van der Waals surface area (Å²) in [5.41, 5.74) is 0. The average Bonchev–Trinajstić information content (AvgIpc) is 2.94. The largest absolute Gasteiger partial charge is 0.426 e. The van der Waals surface area contributed by atoms with E-state index in [4.69, 9.17) is 65.4 Å². The topological polar surface area (TPSA) is 71.1 Å². The van der Waals surface area contributed by atoms with Gasteiger partial charge >= 0.3 is 11.9 Å². The quantitative estimate of drug-likeness (QED) is 0.465. The fourth-order valence-electron chi connectivity index (χ4n) is 1.47. The van der Waals surface area contributed by atoms with Gasteiger partial charge in [-0.2, -0.15) is 0 Å². The van der Waals surface area contributed by atoms with E-state index < -0.39 is 24.5 Å². The number of hydrogen-bond donors (Lipinski definition) is 0. The molecule has 0 aromatic carbocycles. The molecule has 2 heterocycles. The molecule has 0 fully saturated rings. The van der Waals surface area contributed by atoms with E-state index in [1.165, 1.54) is 0 Å². The number of halogens is 6. The molecule has 2 atom stereocenters. The van der Waals surface area contributed by atoms with E-state index in [2.05, 4.69) is 31.9 Å². The maximum Gasteiger partial charge on any atom is 0.353 e. The van der Waals surface area contributed by atoms with Crippen LogP contribution in [0.3, 0.4) is 0 Å². The first kappa shape index (κ1) is 20.5. The Balaban J connectivity index is 1.86. The summed E-state index contributed by atoms with van der Waals surface area (Å²) in [6.45, 7) is -0.00583. The van der Waals surface area contributed by atoms with Gasteiger partial charge in [-0.25, -0.2) is 9.59 Å². The normalized spacial score (nSPS) is 25.2. The second-order valence-corrected chi connectivity index (χ2v) is 7.71. The third kappa shape index (κ3) is 4.67. The van der Waals surface area contributed by atoms with Crippen molar-refractivity contribution in [2.45, 2.75) is 12.6 Å². The molecule has 132 valence electrons. The Bertz CT molecular complexity index is 618. The van der Waals surface area contributed by atoms with Crippen LogP contribution in [0.5, 0.6) is 0 Å². The summed E-state index contributed by atoms with van der Waals surface area (Å²) in [6.07, 6.45) is -2.15. The first-order valence-electron chi connectivity index (χ1n) is 6.01. The summed E-state index contributed by atoms with van der Waals surface area (Å²) >= 11 is 29.4. The molecule has 6 nitrogen and oxygen atoms in total. The molecule has 0 bridgehead atoms. The molecule has 0 N–H and O–H groups in total. The molecule has 0 saturated heterocycles. The summed E-state index contributed by atoms with van der Waals surface area (Å²) in [5, 5.41) is -0.492. The van der Waals surface area contributed by atoms with Gasteiger partial charge in [0.1, 0.15) is 20.1 Å². The summed E-state index contributed by atoms with van der Waals surface area (Å²) < 4.78 is 21.3. The van der Waals surface area contributed by atoms with Gasteiger partial charge in [-0.3, -0.25) is 0 Å². The number of carbonyl (C=O) groups excluding carboxylic acids is 2. The average molecular weight is 548 g/mol. The molecule has 0 aromatic heterocycles. The monoisotopic (exact) mass is 544 g/mol. The molecule has 0 aromatic rings. The Morgan fingerprint density at radius 3 is 1.42 bits per heavy atom. The van der Waals surface area contributed by atoms with E-state index >= 15 is 0 Å². The molecular formula is C12H6Br2Cl4O6. The van der Waals surface area contributed by atoms with Crippen molar-refractivity contribution in [1.29, 1.82) is 0 Å². The Morgan fingerprint density at radius 1 is 0.833 bits per heavy atom. The fraction of sp³-hybridized carbons (Fsp3) is 0.333. The summed E-state index contributed by atoms with van der Waals surface area (Å²) in [4.78, 5) is 22.4. The lowest BCUT2D eigenvalue weighted by Gasteiger charge is -2.14. The molecule has 0 amide bonds. The fourth-order valence-corrected chi connectivity index (χ4v) is 2.60. The molecule has 24 heavy (non-hydrogen) atoms. The van der Waals surface area contributed by atoms with Crippen molar-refractivity contribution < 1.29 is 28.5 Å². The van der Waals surface area contributed by atoms with Crippen LogP contribution in [0.15, 0.2) is 29.1 Å². The zero-order valence-electron chi connectivity index (χ0n) is 11.3. The Labute approximate surface area is 172 Å². The highest BCUT2D eigenvalue weighted by Crippen LogP contribution is 2.32. The number of cyclic esters (lactones) is 2. The molecule has 2 unspecified atom stereocenters. The van der Waals surface area contributed by atoms with Crippen molar-refractivity contribution in [3.63, 3.8) is 0 Å². The second-order valence-electron chi connectivity index (χ2n) is 4.23. The molecule has 0 radical (unpaired) electrons. The van der Waals surface area contributed by atoms with Gasteiger partial charge in [0, 0.05) is 8.96 Å². The lowest BCUT2D eigenvalue weighted by atomic mass is 10.5. The lowest BCUT2D eigenvalue weighted by Crippen LogP contribution is -2.17. The maximum atomic E-state index is 11.2. The van der Waals surface area contributed by atoms with E-state index in [-0.39, 0.29) is 33.3 Å². The number of carbonyl (C=O) groups is 2. The highest BCUT2D eigenvalue weighted by molar-refractivity contribution is 9.14. The van der Waals surface area contributed by atoms with Crippen LogP contribution in [0.2, 0.25) is 0 Å². The van der Waals surface area contributed by atoms with Crippen LogP contribution >= 0.6 is 78.3 Å². The van der Waals surface area contributed by atoms with Gasteiger partial charge in [0.2, 0.25) is 12.6 Å². The van der Waals surface area contributed by atoms with E-state index in [1.807, 2.05) is 0 Å². The van der Waals surface area contributed by atoms with Crippen LogP contribution in [0.4, 0.5) is 0 Å². The van der Waals surface area contributed by atoms with E-state index in [0.717, 1.165) is 0 Å². The van der Waals surface area contributed by atoms with Crippen molar-refractivity contribution in [2.75, 3.05) is 13.2 Å². The molecular weight excluding hydrogens is 542 g/mol. The highest BCUT2D eigenvalue weighted by Gasteiger charge is 2.34. The number of esters is 2. The second kappa shape index (κ2) is 8.73. The van der Waals surface area contributed by atoms with Crippen molar-refractivity contribution in [3.05, 3.63) is 29.1 Å². The first-order chi connectivity index (χ1) is 11.2. The van der Waals surface area contributed by atoms with Gasteiger partial charge in [0.05, 0.1) is 13.2 Å². The summed E-state index contributed by atoms with van der Waals surface area (Å²) in [5.74, 6) is -1.51. The Hall–Kier alpha value is 0.200. The van der Waals surface area contributed by atoms with Crippen LogP contribution in [0, 0.1) is 0 Å². The number of hydrogen-bond acceptors (Lipinski definition) is 6. The van der Waals surface area contributed by atoms with Crippen molar-refractivity contribution in [2.24, 2.45) is 0 Å². The van der Waals surface area contributed by atoms with Gasteiger partial charge in [-0.15, -0.1) is 0 Å². The third-order valence-electron chi connectivity index (χ3n) is 2.64. The molecule has 2 aliphatic heterocycles. The van der Waals surface area contributed by atoms with Crippen LogP contribution in [-0.2, 0) is 28.5 Å². The number of rotatable bonds is 6.